The maximum absolute atomic E-state index is 11.4. The van der Waals surface area contributed by atoms with Gasteiger partial charge in [-0.1, -0.05) is 13.0 Å². The maximum Gasteiger partial charge on any atom is 0.151 e. The zero-order valence-corrected chi connectivity index (χ0v) is 11.6. The van der Waals surface area contributed by atoms with Gasteiger partial charge in [0.15, 0.2) is 9.84 Å². The number of nitrogens with one attached hydrogen (secondary N) is 1. The summed E-state index contributed by atoms with van der Waals surface area (Å²) < 4.78 is 22.9. The SMILES string of the molecule is CCS(=O)(=O)CC(C)NC(C)c1cccs1. The Labute approximate surface area is 102 Å². The number of thiophene rings is 1. The topological polar surface area (TPSA) is 46.2 Å². The molecule has 2 unspecified atom stereocenters. The third-order valence-electron chi connectivity index (χ3n) is 2.45. The highest BCUT2D eigenvalue weighted by atomic mass is 32.2. The molecule has 1 aromatic heterocycles. The Morgan fingerprint density at radius 1 is 1.44 bits per heavy atom. The molecule has 0 aromatic carbocycles. The third kappa shape index (κ3) is 4.23. The molecule has 1 aromatic rings. The lowest BCUT2D eigenvalue weighted by Crippen LogP contribution is -2.35. The first-order valence-corrected chi connectivity index (χ1v) is 8.14. The Morgan fingerprint density at radius 3 is 2.62 bits per heavy atom. The fraction of sp³-hybridized carbons (Fsp3) is 0.636. The van der Waals surface area contributed by atoms with Gasteiger partial charge in [-0.3, -0.25) is 0 Å². The summed E-state index contributed by atoms with van der Waals surface area (Å²) in [6, 6.07) is 4.26. The summed E-state index contributed by atoms with van der Waals surface area (Å²) in [5.74, 6) is 0.422. The zero-order valence-electron chi connectivity index (χ0n) is 9.93. The van der Waals surface area contributed by atoms with E-state index in [9.17, 15) is 8.42 Å². The summed E-state index contributed by atoms with van der Waals surface area (Å²) in [6.45, 7) is 5.66. The van der Waals surface area contributed by atoms with Crippen LogP contribution in [0.25, 0.3) is 0 Å². The molecule has 3 nitrogen and oxygen atoms in total. The van der Waals surface area contributed by atoms with Crippen LogP contribution in [0.1, 0.15) is 31.7 Å². The fourth-order valence-electron chi connectivity index (χ4n) is 1.59. The summed E-state index contributed by atoms with van der Waals surface area (Å²) in [6.07, 6.45) is 0. The van der Waals surface area contributed by atoms with Gasteiger partial charge in [-0.05, 0) is 25.3 Å². The number of hydrogen-bond acceptors (Lipinski definition) is 4. The molecule has 0 aliphatic heterocycles. The van der Waals surface area contributed by atoms with Crippen LogP contribution in [0.5, 0.6) is 0 Å². The molecule has 16 heavy (non-hydrogen) atoms. The highest BCUT2D eigenvalue weighted by Crippen LogP contribution is 2.18. The smallest absolute Gasteiger partial charge is 0.151 e. The van der Waals surface area contributed by atoms with Crippen LogP contribution in [0.3, 0.4) is 0 Å². The largest absolute Gasteiger partial charge is 0.306 e. The molecule has 1 heterocycles. The molecule has 0 saturated carbocycles. The first-order chi connectivity index (χ1) is 7.44. The number of hydrogen-bond donors (Lipinski definition) is 1. The van der Waals surface area contributed by atoms with Gasteiger partial charge in [0, 0.05) is 22.7 Å². The third-order valence-corrected chi connectivity index (χ3v) is 5.39. The van der Waals surface area contributed by atoms with Crippen LogP contribution in [0, 0.1) is 0 Å². The van der Waals surface area contributed by atoms with Crippen LogP contribution in [0.2, 0.25) is 0 Å². The average Bonchev–Trinajstić information content (AvgIpc) is 2.69. The summed E-state index contributed by atoms with van der Waals surface area (Å²) in [5, 5.41) is 5.33. The van der Waals surface area contributed by atoms with E-state index in [0.717, 1.165) is 0 Å². The van der Waals surface area contributed by atoms with Crippen molar-refractivity contribution in [3.8, 4) is 0 Å². The molecule has 5 heteroatoms. The lowest BCUT2D eigenvalue weighted by molar-refractivity contribution is 0.504. The van der Waals surface area contributed by atoms with Crippen LogP contribution in [-0.2, 0) is 9.84 Å². The van der Waals surface area contributed by atoms with Gasteiger partial charge in [-0.15, -0.1) is 11.3 Å². The summed E-state index contributed by atoms with van der Waals surface area (Å²) in [4.78, 5) is 1.24. The minimum atomic E-state index is -2.89. The molecule has 1 N–H and O–H groups in total. The van der Waals surface area contributed by atoms with Crippen LogP contribution in [0.15, 0.2) is 17.5 Å². The van der Waals surface area contributed by atoms with Gasteiger partial charge in [0.2, 0.25) is 0 Å². The molecule has 2 atom stereocenters. The predicted molar refractivity (Wildman–Crippen MR) is 69.7 cm³/mol. The quantitative estimate of drug-likeness (QED) is 0.854. The minimum Gasteiger partial charge on any atom is -0.306 e. The van der Waals surface area contributed by atoms with Gasteiger partial charge >= 0.3 is 0 Å². The van der Waals surface area contributed by atoms with Gasteiger partial charge in [0.05, 0.1) is 5.75 Å². The van der Waals surface area contributed by atoms with Crippen LogP contribution < -0.4 is 5.32 Å². The van der Waals surface area contributed by atoms with Crippen molar-refractivity contribution < 1.29 is 8.42 Å². The second-order valence-electron chi connectivity index (χ2n) is 4.00. The van der Waals surface area contributed by atoms with E-state index < -0.39 is 9.84 Å². The first-order valence-electron chi connectivity index (χ1n) is 5.44. The summed E-state index contributed by atoms with van der Waals surface area (Å²) in [7, 11) is -2.89. The molecule has 0 amide bonds. The highest BCUT2D eigenvalue weighted by Gasteiger charge is 2.16. The van der Waals surface area contributed by atoms with E-state index in [4.69, 9.17) is 0 Å². The van der Waals surface area contributed by atoms with Gasteiger partial charge in [0.1, 0.15) is 0 Å². The standard InChI is InChI=1S/C11H19NO2S2/c1-4-16(13,14)8-9(2)12-10(3)11-6-5-7-15-11/h5-7,9-10,12H,4,8H2,1-3H3. The molecular formula is C11H19NO2S2. The lowest BCUT2D eigenvalue weighted by Gasteiger charge is -2.18. The van der Waals surface area contributed by atoms with Crippen LogP contribution in [-0.4, -0.2) is 26.0 Å². The average molecular weight is 261 g/mol. The second-order valence-corrected chi connectivity index (χ2v) is 7.38. The van der Waals surface area contributed by atoms with E-state index in [1.807, 2.05) is 18.4 Å². The van der Waals surface area contributed by atoms with E-state index in [0.29, 0.717) is 0 Å². The van der Waals surface area contributed by atoms with Crippen molar-refractivity contribution in [3.63, 3.8) is 0 Å². The predicted octanol–water partition coefficient (Wildman–Crippen LogP) is 2.22. The van der Waals surface area contributed by atoms with E-state index >= 15 is 0 Å². The number of sulfone groups is 1. The minimum absolute atomic E-state index is 0.0120. The van der Waals surface area contributed by atoms with Crippen molar-refractivity contribution >= 4 is 21.2 Å². The van der Waals surface area contributed by atoms with Crippen molar-refractivity contribution in [1.82, 2.24) is 5.32 Å². The molecule has 0 fully saturated rings. The summed E-state index contributed by atoms with van der Waals surface area (Å²) >= 11 is 1.68. The molecule has 0 bridgehead atoms. The van der Waals surface area contributed by atoms with Crippen LogP contribution in [0.4, 0.5) is 0 Å². The van der Waals surface area contributed by atoms with Crippen molar-refractivity contribution in [2.45, 2.75) is 32.9 Å². The van der Waals surface area contributed by atoms with Gasteiger partial charge < -0.3 is 5.32 Å². The molecule has 92 valence electrons. The van der Waals surface area contributed by atoms with E-state index in [-0.39, 0.29) is 23.6 Å². The molecule has 0 saturated heterocycles. The van der Waals surface area contributed by atoms with Crippen molar-refractivity contribution in [2.24, 2.45) is 0 Å². The first kappa shape index (κ1) is 13.7. The van der Waals surface area contributed by atoms with E-state index in [2.05, 4.69) is 18.3 Å². The van der Waals surface area contributed by atoms with Crippen molar-refractivity contribution in [3.05, 3.63) is 22.4 Å². The van der Waals surface area contributed by atoms with Crippen LogP contribution >= 0.6 is 11.3 Å². The molecular weight excluding hydrogens is 242 g/mol. The molecule has 0 aliphatic rings. The highest BCUT2D eigenvalue weighted by molar-refractivity contribution is 7.91. The van der Waals surface area contributed by atoms with Gasteiger partial charge in [-0.25, -0.2) is 8.42 Å². The Kier molecular flexibility index (Phi) is 4.95. The monoisotopic (exact) mass is 261 g/mol. The molecule has 1 rings (SSSR count). The summed E-state index contributed by atoms with van der Waals surface area (Å²) in [5.41, 5.74) is 0. The zero-order chi connectivity index (χ0) is 12.2. The second kappa shape index (κ2) is 5.80. The fourth-order valence-corrected chi connectivity index (χ4v) is 3.43. The van der Waals surface area contributed by atoms with Gasteiger partial charge in [0.25, 0.3) is 0 Å². The molecule has 0 spiro atoms. The molecule has 0 aliphatic carbocycles. The van der Waals surface area contributed by atoms with Gasteiger partial charge in [-0.2, -0.15) is 0 Å². The number of rotatable bonds is 6. The van der Waals surface area contributed by atoms with E-state index in [1.54, 1.807) is 18.3 Å². The Hall–Kier alpha value is -0.390. The maximum atomic E-state index is 11.4. The van der Waals surface area contributed by atoms with Crippen molar-refractivity contribution in [1.29, 1.82) is 0 Å². The van der Waals surface area contributed by atoms with Crippen molar-refractivity contribution in [2.75, 3.05) is 11.5 Å². The molecule has 0 radical (unpaired) electrons. The van der Waals surface area contributed by atoms with E-state index in [1.165, 1.54) is 4.88 Å². The Bertz CT molecular complexity index is 398. The Balaban J connectivity index is 2.49. The normalized spacial score (nSPS) is 15.9. The Morgan fingerprint density at radius 2 is 2.12 bits per heavy atom. The lowest BCUT2D eigenvalue weighted by atomic mass is 10.2.